The van der Waals surface area contributed by atoms with E-state index in [9.17, 15) is 9.90 Å². The number of amides is 2. The number of aliphatic hydroxyl groups excluding tert-OH is 1. The van der Waals surface area contributed by atoms with Gasteiger partial charge in [-0.1, -0.05) is 54.1 Å². The third kappa shape index (κ3) is 5.10. The van der Waals surface area contributed by atoms with Crippen LogP contribution in [0.2, 0.25) is 5.02 Å². The van der Waals surface area contributed by atoms with Crippen molar-refractivity contribution in [2.45, 2.75) is 12.6 Å². The molecule has 21 heavy (non-hydrogen) atoms. The summed E-state index contributed by atoms with van der Waals surface area (Å²) < 4.78 is 0. The number of hydrogen-bond donors (Lipinski definition) is 3. The molecular weight excluding hydrogens is 288 g/mol. The number of urea groups is 1. The van der Waals surface area contributed by atoms with Gasteiger partial charge >= 0.3 is 6.03 Å². The van der Waals surface area contributed by atoms with Gasteiger partial charge in [0, 0.05) is 18.1 Å². The van der Waals surface area contributed by atoms with Crippen molar-refractivity contribution in [1.29, 1.82) is 0 Å². The lowest BCUT2D eigenvalue weighted by Crippen LogP contribution is -2.37. The lowest BCUT2D eigenvalue weighted by atomic mass is 10.1. The highest BCUT2D eigenvalue weighted by Crippen LogP contribution is 2.15. The second kappa shape index (κ2) is 7.67. The average Bonchev–Trinajstić information content (AvgIpc) is 2.52. The molecule has 0 aromatic heterocycles. The number of carbonyl (C=O) groups excluding carboxylic acids is 1. The summed E-state index contributed by atoms with van der Waals surface area (Å²) in [6.07, 6.45) is -0.759. The van der Waals surface area contributed by atoms with Crippen molar-refractivity contribution in [3.63, 3.8) is 0 Å². The molecule has 2 aromatic carbocycles. The molecule has 0 radical (unpaired) electrons. The highest BCUT2D eigenvalue weighted by atomic mass is 35.5. The molecule has 0 saturated carbocycles. The van der Waals surface area contributed by atoms with E-state index in [-0.39, 0.29) is 12.6 Å². The Labute approximate surface area is 128 Å². The maximum Gasteiger partial charge on any atom is 0.315 e. The fraction of sp³-hybridized carbons (Fsp3) is 0.188. The van der Waals surface area contributed by atoms with Crippen LogP contribution in [0, 0.1) is 0 Å². The standard InChI is InChI=1S/C16H17ClN2O2/c17-14-8-6-13(7-9-14)15(20)11-19-16(21)18-10-12-4-2-1-3-5-12/h1-9,15,20H,10-11H2,(H2,18,19,21)/t15-/m0/s1. The normalized spacial score (nSPS) is 11.7. The fourth-order valence-corrected chi connectivity index (χ4v) is 1.96. The highest BCUT2D eigenvalue weighted by Gasteiger charge is 2.09. The maximum atomic E-state index is 11.7. The summed E-state index contributed by atoms with van der Waals surface area (Å²) in [7, 11) is 0. The monoisotopic (exact) mass is 304 g/mol. The number of rotatable bonds is 5. The number of aliphatic hydroxyl groups is 1. The van der Waals surface area contributed by atoms with Crippen LogP contribution in [-0.2, 0) is 6.54 Å². The first kappa shape index (κ1) is 15.4. The number of hydrogen-bond acceptors (Lipinski definition) is 2. The third-order valence-electron chi connectivity index (χ3n) is 3.01. The first-order valence-corrected chi connectivity index (χ1v) is 7.02. The molecular formula is C16H17ClN2O2. The van der Waals surface area contributed by atoms with Crippen molar-refractivity contribution in [2.24, 2.45) is 0 Å². The Morgan fingerprint density at radius 2 is 1.71 bits per heavy atom. The first-order valence-electron chi connectivity index (χ1n) is 6.64. The third-order valence-corrected chi connectivity index (χ3v) is 3.26. The number of nitrogens with one attached hydrogen (secondary N) is 2. The van der Waals surface area contributed by atoms with E-state index in [2.05, 4.69) is 10.6 Å². The van der Waals surface area contributed by atoms with Crippen molar-refractivity contribution < 1.29 is 9.90 Å². The van der Waals surface area contributed by atoms with E-state index < -0.39 is 6.10 Å². The minimum Gasteiger partial charge on any atom is -0.387 e. The fourth-order valence-electron chi connectivity index (χ4n) is 1.83. The van der Waals surface area contributed by atoms with Gasteiger partial charge in [0.05, 0.1) is 6.10 Å². The summed E-state index contributed by atoms with van der Waals surface area (Å²) >= 11 is 5.78. The molecule has 0 heterocycles. The van der Waals surface area contributed by atoms with Crippen molar-refractivity contribution in [2.75, 3.05) is 6.54 Å². The van der Waals surface area contributed by atoms with E-state index in [0.29, 0.717) is 17.1 Å². The molecule has 2 amide bonds. The zero-order valence-electron chi connectivity index (χ0n) is 11.4. The van der Waals surface area contributed by atoms with Crippen molar-refractivity contribution in [1.82, 2.24) is 10.6 Å². The Morgan fingerprint density at radius 1 is 1.05 bits per heavy atom. The Bertz CT molecular complexity index is 573. The van der Waals surface area contributed by atoms with Gasteiger partial charge in [-0.3, -0.25) is 0 Å². The highest BCUT2D eigenvalue weighted by molar-refractivity contribution is 6.30. The first-order chi connectivity index (χ1) is 10.1. The van der Waals surface area contributed by atoms with E-state index in [1.807, 2.05) is 30.3 Å². The molecule has 0 unspecified atom stereocenters. The van der Waals surface area contributed by atoms with Crippen LogP contribution in [0.4, 0.5) is 4.79 Å². The van der Waals surface area contributed by atoms with Gasteiger partial charge in [-0.15, -0.1) is 0 Å². The van der Waals surface area contributed by atoms with E-state index in [4.69, 9.17) is 11.6 Å². The van der Waals surface area contributed by atoms with Crippen LogP contribution in [-0.4, -0.2) is 17.7 Å². The number of halogens is 1. The molecule has 0 fully saturated rings. The lowest BCUT2D eigenvalue weighted by Gasteiger charge is -2.13. The molecule has 0 aliphatic rings. The van der Waals surface area contributed by atoms with E-state index in [1.54, 1.807) is 24.3 Å². The second-order valence-corrected chi connectivity index (χ2v) is 5.05. The van der Waals surface area contributed by atoms with Crippen LogP contribution in [0.15, 0.2) is 54.6 Å². The topological polar surface area (TPSA) is 61.4 Å². The Balaban J connectivity index is 1.74. The predicted octanol–water partition coefficient (Wildman–Crippen LogP) is 2.87. The van der Waals surface area contributed by atoms with Crippen molar-refractivity contribution >= 4 is 17.6 Å². The maximum absolute atomic E-state index is 11.7. The Kier molecular flexibility index (Phi) is 5.60. The van der Waals surface area contributed by atoms with Crippen LogP contribution in [0.25, 0.3) is 0 Å². The quantitative estimate of drug-likeness (QED) is 0.795. The zero-order valence-corrected chi connectivity index (χ0v) is 12.2. The van der Waals surface area contributed by atoms with E-state index >= 15 is 0 Å². The van der Waals surface area contributed by atoms with Gasteiger partial charge in [0.25, 0.3) is 0 Å². The predicted molar refractivity (Wildman–Crippen MR) is 83.1 cm³/mol. The molecule has 5 heteroatoms. The Morgan fingerprint density at radius 3 is 2.38 bits per heavy atom. The molecule has 1 atom stereocenters. The molecule has 2 aromatic rings. The van der Waals surface area contributed by atoms with E-state index in [0.717, 1.165) is 5.56 Å². The van der Waals surface area contributed by atoms with Gasteiger partial charge in [-0.25, -0.2) is 4.79 Å². The molecule has 4 nitrogen and oxygen atoms in total. The van der Waals surface area contributed by atoms with Gasteiger partial charge in [0.1, 0.15) is 0 Å². The largest absolute Gasteiger partial charge is 0.387 e. The van der Waals surface area contributed by atoms with Crippen LogP contribution in [0.5, 0.6) is 0 Å². The molecule has 0 spiro atoms. The van der Waals surface area contributed by atoms with Gasteiger partial charge < -0.3 is 15.7 Å². The SMILES string of the molecule is O=C(NCc1ccccc1)NC[C@H](O)c1ccc(Cl)cc1. The average molecular weight is 305 g/mol. The van der Waals surface area contributed by atoms with Gasteiger partial charge in [-0.2, -0.15) is 0 Å². The molecule has 0 saturated heterocycles. The smallest absolute Gasteiger partial charge is 0.315 e. The summed E-state index contributed by atoms with van der Waals surface area (Å²) in [6, 6.07) is 16.2. The molecule has 2 rings (SSSR count). The van der Waals surface area contributed by atoms with Crippen LogP contribution in [0.1, 0.15) is 17.2 Å². The molecule has 110 valence electrons. The van der Waals surface area contributed by atoms with Gasteiger partial charge in [-0.05, 0) is 23.3 Å². The van der Waals surface area contributed by atoms with Crippen LogP contribution in [0.3, 0.4) is 0 Å². The zero-order chi connectivity index (χ0) is 15.1. The summed E-state index contributed by atoms with van der Waals surface area (Å²) in [5.41, 5.74) is 1.73. The minimum atomic E-state index is -0.759. The Hall–Kier alpha value is -2.04. The molecule has 0 aliphatic carbocycles. The summed E-state index contributed by atoms with van der Waals surface area (Å²) in [5, 5.41) is 15.9. The summed E-state index contributed by atoms with van der Waals surface area (Å²) in [6.45, 7) is 0.589. The van der Waals surface area contributed by atoms with Crippen LogP contribution >= 0.6 is 11.6 Å². The second-order valence-electron chi connectivity index (χ2n) is 4.62. The van der Waals surface area contributed by atoms with Gasteiger partial charge in [0.2, 0.25) is 0 Å². The van der Waals surface area contributed by atoms with Crippen molar-refractivity contribution in [3.05, 3.63) is 70.7 Å². The number of benzene rings is 2. The molecule has 3 N–H and O–H groups in total. The van der Waals surface area contributed by atoms with Crippen LogP contribution < -0.4 is 10.6 Å². The van der Waals surface area contributed by atoms with E-state index in [1.165, 1.54) is 0 Å². The minimum absolute atomic E-state index is 0.141. The van der Waals surface area contributed by atoms with Crippen molar-refractivity contribution in [3.8, 4) is 0 Å². The summed E-state index contributed by atoms with van der Waals surface area (Å²) in [5.74, 6) is 0. The van der Waals surface area contributed by atoms with Gasteiger partial charge in [0.15, 0.2) is 0 Å². The molecule has 0 aliphatic heterocycles. The molecule has 0 bridgehead atoms. The number of carbonyl (C=O) groups is 1. The summed E-state index contributed by atoms with van der Waals surface area (Å²) in [4.78, 5) is 11.7. The lowest BCUT2D eigenvalue weighted by molar-refractivity contribution is 0.173.